The quantitative estimate of drug-likeness (QED) is 0.293. The second-order valence-corrected chi connectivity index (χ2v) is 7.45. The van der Waals surface area contributed by atoms with Crippen LogP contribution in [0, 0.1) is 0 Å². The molecule has 1 aromatic heterocycles. The van der Waals surface area contributed by atoms with E-state index in [1.54, 1.807) is 18.9 Å². The number of benzene rings is 3. The molecule has 0 amide bonds. The zero-order valence-electron chi connectivity index (χ0n) is 16.2. The van der Waals surface area contributed by atoms with Crippen LogP contribution in [0.5, 0.6) is 11.5 Å². The number of nitrogens with zero attached hydrogens (tertiary/aromatic N) is 1. The van der Waals surface area contributed by atoms with Crippen LogP contribution in [0.15, 0.2) is 90.1 Å². The summed E-state index contributed by atoms with van der Waals surface area (Å²) in [6.45, 7) is 0.596. The molecule has 0 aliphatic carbocycles. The Morgan fingerprint density at radius 1 is 0.793 bits per heavy atom. The van der Waals surface area contributed by atoms with Gasteiger partial charge in [-0.05, 0) is 24.3 Å². The fourth-order valence-electron chi connectivity index (χ4n) is 3.01. The summed E-state index contributed by atoms with van der Waals surface area (Å²) in [5.74, 6) is 2.45. The van der Waals surface area contributed by atoms with Crippen molar-refractivity contribution < 1.29 is 9.47 Å². The van der Waals surface area contributed by atoms with Gasteiger partial charge in [0.25, 0.3) is 0 Å². The molecule has 0 aliphatic rings. The highest BCUT2D eigenvalue weighted by atomic mass is 32.2. The lowest BCUT2D eigenvalue weighted by Crippen LogP contribution is -2.00. The van der Waals surface area contributed by atoms with Crippen molar-refractivity contribution in [1.82, 2.24) is 9.97 Å². The molecule has 0 atom stereocenters. The molecule has 146 valence electrons. The number of imidazole rings is 1. The number of thioether (sulfide) groups is 1. The monoisotopic (exact) mass is 402 g/mol. The predicted octanol–water partition coefficient (Wildman–Crippen LogP) is 5.92. The molecule has 0 unspecified atom stereocenters. The van der Waals surface area contributed by atoms with Crippen molar-refractivity contribution in [1.29, 1.82) is 0 Å². The minimum atomic E-state index is 0.596. The molecule has 29 heavy (non-hydrogen) atoms. The van der Waals surface area contributed by atoms with Gasteiger partial charge in [0.05, 0.1) is 25.1 Å². The SMILES string of the molecule is COc1ccc(OCCSc2nc(-c3ccccc3)c(-c3ccccc3)[nH]2)cc1. The molecule has 0 spiro atoms. The van der Waals surface area contributed by atoms with E-state index in [1.807, 2.05) is 60.7 Å². The Balaban J connectivity index is 1.45. The summed E-state index contributed by atoms with van der Waals surface area (Å²) in [5.41, 5.74) is 4.23. The maximum Gasteiger partial charge on any atom is 0.166 e. The standard InChI is InChI=1S/C24H22N2O2S/c1-27-20-12-14-21(15-13-20)28-16-17-29-24-25-22(18-8-4-2-5-9-18)23(26-24)19-10-6-3-7-11-19/h2-15H,16-17H2,1H3,(H,25,26). The Hall–Kier alpha value is -3.18. The van der Waals surface area contributed by atoms with Gasteiger partial charge < -0.3 is 14.5 Å². The number of nitrogens with one attached hydrogen (secondary N) is 1. The first-order valence-electron chi connectivity index (χ1n) is 9.44. The van der Waals surface area contributed by atoms with Crippen molar-refractivity contribution in [3.8, 4) is 34.0 Å². The number of H-pyrrole nitrogens is 1. The molecule has 5 heteroatoms. The fourth-order valence-corrected chi connectivity index (χ4v) is 3.70. The van der Waals surface area contributed by atoms with E-state index in [9.17, 15) is 0 Å². The van der Waals surface area contributed by atoms with E-state index in [-0.39, 0.29) is 0 Å². The van der Waals surface area contributed by atoms with Gasteiger partial charge in [0.15, 0.2) is 5.16 Å². The summed E-state index contributed by atoms with van der Waals surface area (Å²) in [7, 11) is 1.66. The molecule has 0 saturated carbocycles. The molecule has 1 N–H and O–H groups in total. The number of rotatable bonds is 8. The average molecular weight is 403 g/mol. The number of aromatic nitrogens is 2. The van der Waals surface area contributed by atoms with Gasteiger partial charge in [0.1, 0.15) is 11.5 Å². The summed E-state index contributed by atoms with van der Waals surface area (Å²) in [6.07, 6.45) is 0. The van der Waals surface area contributed by atoms with Crippen molar-refractivity contribution in [2.45, 2.75) is 5.16 Å². The number of methoxy groups -OCH3 is 1. The molecule has 4 rings (SSSR count). The van der Waals surface area contributed by atoms with Crippen LogP contribution in [0.25, 0.3) is 22.5 Å². The highest BCUT2D eigenvalue weighted by Crippen LogP contribution is 2.32. The zero-order valence-corrected chi connectivity index (χ0v) is 17.0. The maximum absolute atomic E-state index is 5.82. The zero-order chi connectivity index (χ0) is 19.9. The van der Waals surface area contributed by atoms with Crippen molar-refractivity contribution in [2.75, 3.05) is 19.5 Å². The van der Waals surface area contributed by atoms with Gasteiger partial charge in [-0.1, -0.05) is 72.4 Å². The number of aromatic amines is 1. The Morgan fingerprint density at radius 3 is 2.07 bits per heavy atom. The van der Waals surface area contributed by atoms with E-state index in [4.69, 9.17) is 14.5 Å². The lowest BCUT2D eigenvalue weighted by Gasteiger charge is -2.06. The summed E-state index contributed by atoms with van der Waals surface area (Å²) >= 11 is 1.66. The molecule has 0 saturated heterocycles. The topological polar surface area (TPSA) is 47.1 Å². The Morgan fingerprint density at radius 2 is 1.41 bits per heavy atom. The van der Waals surface area contributed by atoms with Crippen molar-refractivity contribution in [2.24, 2.45) is 0 Å². The van der Waals surface area contributed by atoms with Crippen LogP contribution in [0.1, 0.15) is 0 Å². The Labute approximate surface area is 174 Å². The summed E-state index contributed by atoms with van der Waals surface area (Å²) < 4.78 is 11.0. The third-order valence-corrected chi connectivity index (χ3v) is 5.28. The smallest absolute Gasteiger partial charge is 0.166 e. The van der Waals surface area contributed by atoms with Crippen LogP contribution in [0.3, 0.4) is 0 Å². The molecule has 0 radical (unpaired) electrons. The van der Waals surface area contributed by atoms with Gasteiger partial charge in [-0.3, -0.25) is 0 Å². The van der Waals surface area contributed by atoms with Gasteiger partial charge in [0.2, 0.25) is 0 Å². The lowest BCUT2D eigenvalue weighted by atomic mass is 10.1. The molecule has 0 bridgehead atoms. The van der Waals surface area contributed by atoms with Gasteiger partial charge in [-0.25, -0.2) is 4.98 Å². The third-order valence-electron chi connectivity index (χ3n) is 4.44. The first-order valence-corrected chi connectivity index (χ1v) is 10.4. The molecule has 4 aromatic rings. The summed E-state index contributed by atoms with van der Waals surface area (Å²) in [5, 5.41) is 0.890. The van der Waals surface area contributed by atoms with Gasteiger partial charge in [-0.15, -0.1) is 0 Å². The second kappa shape index (κ2) is 9.34. The Bertz CT molecular complexity index is 975. The van der Waals surface area contributed by atoms with Crippen LogP contribution in [-0.4, -0.2) is 29.4 Å². The first kappa shape index (κ1) is 19.2. The minimum Gasteiger partial charge on any atom is -0.497 e. The van der Waals surface area contributed by atoms with Crippen molar-refractivity contribution in [3.63, 3.8) is 0 Å². The van der Waals surface area contributed by atoms with Gasteiger partial charge >= 0.3 is 0 Å². The molecule has 3 aromatic carbocycles. The molecular formula is C24H22N2O2S. The average Bonchev–Trinajstić information content (AvgIpc) is 3.23. The third kappa shape index (κ3) is 4.81. The van der Waals surface area contributed by atoms with Crippen molar-refractivity contribution in [3.05, 3.63) is 84.9 Å². The van der Waals surface area contributed by atoms with E-state index < -0.39 is 0 Å². The van der Waals surface area contributed by atoms with Gasteiger partial charge in [-0.2, -0.15) is 0 Å². The van der Waals surface area contributed by atoms with Crippen molar-refractivity contribution >= 4 is 11.8 Å². The van der Waals surface area contributed by atoms with E-state index >= 15 is 0 Å². The molecule has 4 nitrogen and oxygen atoms in total. The normalized spacial score (nSPS) is 10.7. The van der Waals surface area contributed by atoms with E-state index in [1.165, 1.54) is 0 Å². The summed E-state index contributed by atoms with van der Waals surface area (Å²) in [6, 6.07) is 28.2. The van der Waals surface area contributed by atoms with E-state index in [2.05, 4.69) is 29.2 Å². The Kier molecular flexibility index (Phi) is 6.17. The molecule has 1 heterocycles. The molecule has 0 aliphatic heterocycles. The highest BCUT2D eigenvalue weighted by molar-refractivity contribution is 7.99. The molecular weight excluding hydrogens is 380 g/mol. The maximum atomic E-state index is 5.82. The van der Waals surface area contributed by atoms with E-state index in [0.717, 1.165) is 44.9 Å². The summed E-state index contributed by atoms with van der Waals surface area (Å²) in [4.78, 5) is 8.35. The van der Waals surface area contributed by atoms with Gasteiger partial charge in [0, 0.05) is 16.9 Å². The number of ether oxygens (including phenoxy) is 2. The van der Waals surface area contributed by atoms with Crippen LogP contribution >= 0.6 is 11.8 Å². The first-order chi connectivity index (χ1) is 14.3. The number of hydrogen-bond donors (Lipinski definition) is 1. The van der Waals surface area contributed by atoms with Crippen LogP contribution < -0.4 is 9.47 Å². The minimum absolute atomic E-state index is 0.596. The van der Waals surface area contributed by atoms with Crippen LogP contribution in [-0.2, 0) is 0 Å². The second-order valence-electron chi connectivity index (χ2n) is 6.37. The van der Waals surface area contributed by atoms with Crippen LogP contribution in [0.4, 0.5) is 0 Å². The number of hydrogen-bond acceptors (Lipinski definition) is 4. The predicted molar refractivity (Wildman–Crippen MR) is 119 cm³/mol. The highest BCUT2D eigenvalue weighted by Gasteiger charge is 2.14. The lowest BCUT2D eigenvalue weighted by molar-refractivity contribution is 0.342. The largest absolute Gasteiger partial charge is 0.497 e. The van der Waals surface area contributed by atoms with E-state index in [0.29, 0.717) is 6.61 Å². The molecule has 0 fully saturated rings. The fraction of sp³-hybridized carbons (Fsp3) is 0.125. The van der Waals surface area contributed by atoms with Crippen LogP contribution in [0.2, 0.25) is 0 Å².